The van der Waals surface area contributed by atoms with Gasteiger partial charge in [0.25, 0.3) is 0 Å². The van der Waals surface area contributed by atoms with E-state index in [1.807, 2.05) is 0 Å². The van der Waals surface area contributed by atoms with E-state index in [0.29, 0.717) is 0 Å². The zero-order chi connectivity index (χ0) is 50.7. The zero-order valence-corrected chi connectivity index (χ0v) is 45.8. The molecule has 1 N–H and O–H groups in total. The Kier molecular flexibility index (Phi) is 10.3. The van der Waals surface area contributed by atoms with Gasteiger partial charge >= 0.3 is 0 Å². The number of rotatable bonds is 5. The molecular weight excluding hydrogens is 872 g/mol. The maximum Gasteiger partial charge on any atom is 0.203 e. The summed E-state index contributed by atoms with van der Waals surface area (Å²) in [6, 6.07) is 44.9. The van der Waals surface area contributed by atoms with Gasteiger partial charge in [0.05, 0.1) is 0 Å². The first-order valence-corrected chi connectivity index (χ1v) is 27.2. The van der Waals surface area contributed by atoms with Crippen LogP contribution in [0.2, 0.25) is 0 Å². The van der Waals surface area contributed by atoms with Crippen molar-refractivity contribution in [1.82, 2.24) is 0 Å². The second-order valence-electron chi connectivity index (χ2n) is 26.7. The van der Waals surface area contributed by atoms with E-state index in [-0.39, 0.29) is 32.5 Å². The lowest BCUT2D eigenvalue weighted by atomic mass is 9.57. The van der Waals surface area contributed by atoms with Gasteiger partial charge in [-0.1, -0.05) is 138 Å². The molecule has 2 heterocycles. The molecule has 0 spiro atoms. The Bertz CT molecular complexity index is 3570. The first kappa shape index (κ1) is 47.0. The molecule has 8 aromatic rings. The standard InChI is InChI=1S/C68H75BN2O/c1-40-19-15-16-20-44(40)42-34-48(47-37-52-53(67(11,12)31-30-66(52,9)10)38-55(47)70-43-23-25-49-51(36-43)65(7,8)28-27-63(49,3)4)60-58(35-42)71(57-39-54-50(33-41(57)2)64(5,6)29-32-68(54,13)14)56-26-24-46-45-21-17-18-22-59(45)72-62(46)61(56)69-60/h15-26,33-39,69-70H,27-32H2,1-14H3. The minimum atomic E-state index is 0.00709. The van der Waals surface area contributed by atoms with Gasteiger partial charge < -0.3 is 14.6 Å². The van der Waals surface area contributed by atoms with Gasteiger partial charge in [0, 0.05) is 44.8 Å². The lowest BCUT2D eigenvalue weighted by molar-refractivity contribution is 0.332. The van der Waals surface area contributed by atoms with E-state index in [9.17, 15) is 0 Å². The number of hydrogen-bond donors (Lipinski definition) is 1. The molecule has 0 unspecified atom stereocenters. The summed E-state index contributed by atoms with van der Waals surface area (Å²) in [5.74, 6) is 0. The first-order valence-electron chi connectivity index (χ1n) is 27.2. The molecule has 0 saturated heterocycles. The average molecular weight is 947 g/mol. The van der Waals surface area contributed by atoms with Gasteiger partial charge in [-0.3, -0.25) is 0 Å². The van der Waals surface area contributed by atoms with E-state index in [1.165, 1.54) is 130 Å². The van der Waals surface area contributed by atoms with Gasteiger partial charge in [0.1, 0.15) is 11.2 Å². The smallest absolute Gasteiger partial charge is 0.203 e. The van der Waals surface area contributed by atoms with Crippen molar-refractivity contribution in [3.63, 3.8) is 0 Å². The predicted octanol–water partition coefficient (Wildman–Crippen LogP) is 17.5. The number of nitrogens with one attached hydrogen (secondary N) is 1. The second-order valence-corrected chi connectivity index (χ2v) is 26.7. The van der Waals surface area contributed by atoms with Crippen LogP contribution in [0.4, 0.5) is 28.4 Å². The summed E-state index contributed by atoms with van der Waals surface area (Å²) >= 11 is 0. The van der Waals surface area contributed by atoms with Crippen LogP contribution in [0.25, 0.3) is 44.2 Å². The molecule has 4 aliphatic rings. The SMILES string of the molecule is Cc1ccccc1-c1cc(-c2cc3c(cc2Nc2ccc4c(c2)C(C)(C)CCC4(C)C)C(C)(C)CCC3(C)C)c2c(c1)N(c1cc3c(cc1C)C(C)(C)CCC3(C)C)c1ccc3c(oc4ccccc43)c1B2. The fourth-order valence-electron chi connectivity index (χ4n) is 13.8. The highest BCUT2D eigenvalue weighted by Crippen LogP contribution is 2.54. The van der Waals surface area contributed by atoms with Crippen LogP contribution in [0.5, 0.6) is 0 Å². The number of fused-ring (bicyclic) bond motifs is 9. The van der Waals surface area contributed by atoms with Crippen LogP contribution in [-0.4, -0.2) is 7.28 Å². The molecule has 1 aliphatic heterocycles. The van der Waals surface area contributed by atoms with Crippen LogP contribution < -0.4 is 21.1 Å². The van der Waals surface area contributed by atoms with Gasteiger partial charge in [-0.15, -0.1) is 0 Å². The molecule has 0 fully saturated rings. The molecule has 0 atom stereocenters. The molecule has 0 amide bonds. The average Bonchev–Trinajstić information content (AvgIpc) is 3.72. The van der Waals surface area contributed by atoms with Gasteiger partial charge in [0.15, 0.2) is 0 Å². The van der Waals surface area contributed by atoms with Crippen LogP contribution in [-0.2, 0) is 32.5 Å². The maximum absolute atomic E-state index is 7.05. The van der Waals surface area contributed by atoms with Crippen LogP contribution in [0, 0.1) is 13.8 Å². The molecule has 0 bridgehead atoms. The molecule has 0 saturated carbocycles. The minimum Gasteiger partial charge on any atom is -0.457 e. The quantitative estimate of drug-likeness (QED) is 0.174. The zero-order valence-electron chi connectivity index (χ0n) is 45.8. The van der Waals surface area contributed by atoms with Crippen molar-refractivity contribution in [2.24, 2.45) is 0 Å². The van der Waals surface area contributed by atoms with Gasteiger partial charge in [-0.25, -0.2) is 0 Å². The van der Waals surface area contributed by atoms with E-state index >= 15 is 0 Å². The molecule has 3 nitrogen and oxygen atoms in total. The molecule has 72 heavy (non-hydrogen) atoms. The van der Waals surface area contributed by atoms with Crippen molar-refractivity contribution in [1.29, 1.82) is 0 Å². The number of hydrogen-bond acceptors (Lipinski definition) is 3. The van der Waals surface area contributed by atoms with Crippen LogP contribution >= 0.6 is 0 Å². The van der Waals surface area contributed by atoms with Crippen LogP contribution in [0.15, 0.2) is 120 Å². The summed E-state index contributed by atoms with van der Waals surface area (Å²) in [5.41, 5.74) is 27.3. The first-order chi connectivity index (χ1) is 33.9. The maximum atomic E-state index is 7.05. The summed E-state index contributed by atoms with van der Waals surface area (Å²) in [6.45, 7) is 34.1. The number of furan rings is 1. The van der Waals surface area contributed by atoms with Crippen molar-refractivity contribution in [2.75, 3.05) is 10.2 Å². The normalized spacial score (nSPS) is 19.4. The number of anilines is 5. The van der Waals surface area contributed by atoms with E-state index in [1.54, 1.807) is 0 Å². The molecule has 7 aromatic carbocycles. The fraction of sp³-hybridized carbons (Fsp3) is 0.382. The lowest BCUT2D eigenvalue weighted by Crippen LogP contribution is -2.42. The van der Waals surface area contributed by atoms with Crippen molar-refractivity contribution in [2.45, 2.75) is 168 Å². The van der Waals surface area contributed by atoms with E-state index in [0.717, 1.165) is 43.4 Å². The largest absolute Gasteiger partial charge is 0.457 e. The number of para-hydroxylation sites is 1. The van der Waals surface area contributed by atoms with Crippen LogP contribution in [0.3, 0.4) is 0 Å². The Morgan fingerprint density at radius 1 is 0.431 bits per heavy atom. The number of nitrogens with zero attached hydrogens (tertiary/aromatic N) is 1. The number of benzene rings is 7. The van der Waals surface area contributed by atoms with Crippen molar-refractivity contribution in [3.05, 3.63) is 160 Å². The van der Waals surface area contributed by atoms with E-state index in [2.05, 4.69) is 222 Å². The Labute approximate surface area is 431 Å². The van der Waals surface area contributed by atoms with Gasteiger partial charge in [-0.05, 0) is 218 Å². The topological polar surface area (TPSA) is 28.4 Å². The Hall–Kier alpha value is -6.00. The second kappa shape index (κ2) is 15.8. The summed E-state index contributed by atoms with van der Waals surface area (Å²) in [7, 11) is 0.734. The predicted molar refractivity (Wildman–Crippen MR) is 311 cm³/mol. The lowest BCUT2D eigenvalue weighted by Gasteiger charge is -2.44. The highest BCUT2D eigenvalue weighted by molar-refractivity contribution is 6.75. The molecular formula is C68H75BN2O. The highest BCUT2D eigenvalue weighted by atomic mass is 16.3. The summed E-state index contributed by atoms with van der Waals surface area (Å²) < 4.78 is 7.05. The molecule has 3 aliphatic carbocycles. The molecule has 1 aromatic heterocycles. The molecule has 0 radical (unpaired) electrons. The van der Waals surface area contributed by atoms with Crippen molar-refractivity contribution >= 4 is 68.6 Å². The third kappa shape index (κ3) is 7.27. The molecule has 366 valence electrons. The van der Waals surface area contributed by atoms with Gasteiger partial charge in [-0.2, -0.15) is 0 Å². The fourth-order valence-corrected chi connectivity index (χ4v) is 13.8. The summed E-state index contributed by atoms with van der Waals surface area (Å²) in [5, 5.41) is 6.56. The van der Waals surface area contributed by atoms with Crippen LogP contribution in [0.1, 0.15) is 166 Å². The van der Waals surface area contributed by atoms with Gasteiger partial charge in [0.2, 0.25) is 7.28 Å². The Balaban J connectivity index is 1.18. The molecule has 12 rings (SSSR count). The van der Waals surface area contributed by atoms with E-state index in [4.69, 9.17) is 4.42 Å². The molecule has 4 heteroatoms. The van der Waals surface area contributed by atoms with Crippen molar-refractivity contribution < 1.29 is 4.42 Å². The Morgan fingerprint density at radius 2 is 1.00 bits per heavy atom. The third-order valence-corrected chi connectivity index (χ3v) is 19.0. The highest BCUT2D eigenvalue weighted by Gasteiger charge is 2.42. The monoisotopic (exact) mass is 947 g/mol. The van der Waals surface area contributed by atoms with Crippen molar-refractivity contribution in [3.8, 4) is 22.3 Å². The Morgan fingerprint density at radius 3 is 1.67 bits per heavy atom. The van der Waals surface area contributed by atoms with E-state index < -0.39 is 0 Å². The number of aryl methyl sites for hydroxylation is 2. The third-order valence-electron chi connectivity index (χ3n) is 19.0. The summed E-state index contributed by atoms with van der Waals surface area (Å²) in [4.78, 5) is 2.64. The minimum absolute atomic E-state index is 0.00709. The summed E-state index contributed by atoms with van der Waals surface area (Å²) in [6.07, 6.45) is 7.01.